The van der Waals surface area contributed by atoms with Crippen LogP contribution in [0.3, 0.4) is 0 Å². The number of aromatic nitrogens is 2. The van der Waals surface area contributed by atoms with E-state index in [4.69, 9.17) is 19.5 Å². The van der Waals surface area contributed by atoms with Crippen molar-refractivity contribution in [3.8, 4) is 0 Å². The van der Waals surface area contributed by atoms with E-state index in [2.05, 4.69) is 4.98 Å². The van der Waals surface area contributed by atoms with Crippen molar-refractivity contribution < 1.29 is 81.5 Å². The van der Waals surface area contributed by atoms with Gasteiger partial charge in [0.1, 0.15) is 24.1 Å². The van der Waals surface area contributed by atoms with E-state index in [1.807, 2.05) is 0 Å². The SMILES string of the molecule is C[C-](OP(=O)([O-])OC[C@H]1O[C@@H](n2ccc(N)nc2=O)C(O)[C@H]1O)C1=CC(O)[C@H](O)[C@@H](O)C1.[Y]. The van der Waals surface area contributed by atoms with Crippen LogP contribution in [0.4, 0.5) is 5.82 Å². The summed E-state index contributed by atoms with van der Waals surface area (Å²) in [5.41, 5.74) is 4.71. The minimum absolute atomic E-state index is 0. The molecule has 33 heavy (non-hydrogen) atoms. The summed E-state index contributed by atoms with van der Waals surface area (Å²) in [4.78, 5) is 27.6. The van der Waals surface area contributed by atoms with E-state index in [0.29, 0.717) is 0 Å². The molecule has 0 spiro atoms. The first-order chi connectivity index (χ1) is 14.9. The molecule has 1 saturated heterocycles. The van der Waals surface area contributed by atoms with Crippen LogP contribution >= 0.6 is 7.82 Å². The van der Waals surface area contributed by atoms with Crippen molar-refractivity contribution in [1.29, 1.82) is 0 Å². The molecule has 1 aromatic heterocycles. The Bertz CT molecular complexity index is 962. The summed E-state index contributed by atoms with van der Waals surface area (Å²) in [5.74, 6) is -0.0575. The van der Waals surface area contributed by atoms with Crippen LogP contribution in [-0.2, 0) is 51.1 Å². The molecule has 8 atom stereocenters. The Morgan fingerprint density at radius 3 is 2.58 bits per heavy atom. The summed E-state index contributed by atoms with van der Waals surface area (Å²) in [6.45, 7) is 0.515. The van der Waals surface area contributed by atoms with E-state index in [0.717, 1.165) is 10.6 Å². The van der Waals surface area contributed by atoms with Crippen LogP contribution in [-0.4, -0.2) is 78.3 Å². The summed E-state index contributed by atoms with van der Waals surface area (Å²) in [6.07, 6.45) is -8.03. The molecule has 3 rings (SSSR count). The number of anilines is 1. The number of rotatable bonds is 7. The van der Waals surface area contributed by atoms with Crippen molar-refractivity contribution in [2.45, 2.75) is 56.2 Å². The Morgan fingerprint density at radius 1 is 1.30 bits per heavy atom. The van der Waals surface area contributed by atoms with Crippen molar-refractivity contribution in [2.24, 2.45) is 0 Å². The Morgan fingerprint density at radius 2 is 1.97 bits per heavy atom. The van der Waals surface area contributed by atoms with Crippen LogP contribution in [0.25, 0.3) is 0 Å². The summed E-state index contributed by atoms with van der Waals surface area (Å²) in [5, 5.41) is 49.3. The standard InChI is InChI=1S/C17H25N3O11P.Y/c1-7(8-4-9(21)13(23)10(22)5-8)31-32(27,28)29-6-11-14(24)15(25)16(30-11)20-3-2-12(18)19-17(20)26;/h2-4,9-11,13-16,21-25H,5-6H2,1H3,(H,27,28)(H2,18,19,26);/q-1;/p-1/t9?,10-,11+,13-,14-,15?,16+;/m0./s1. The second-order valence-electron chi connectivity index (χ2n) is 7.42. The molecular weight excluding hydrogens is 542 g/mol. The number of nitrogens with two attached hydrogens (primary N) is 1. The molecule has 183 valence electrons. The minimum atomic E-state index is -5.00. The second-order valence-corrected chi connectivity index (χ2v) is 8.76. The number of hydrogen-bond donors (Lipinski definition) is 6. The molecule has 14 nitrogen and oxygen atoms in total. The molecule has 0 aromatic carbocycles. The zero-order valence-corrected chi connectivity index (χ0v) is 21.1. The molecule has 1 aromatic rings. The average Bonchev–Trinajstić information content (AvgIpc) is 2.98. The van der Waals surface area contributed by atoms with Gasteiger partial charge in [-0.3, -0.25) is 9.13 Å². The molecule has 2 aliphatic rings. The Balaban J connectivity index is 0.00000385. The summed E-state index contributed by atoms with van der Waals surface area (Å²) >= 11 is 0. The number of phosphoric ester groups is 1. The maximum absolute atomic E-state index is 12.2. The molecule has 7 N–H and O–H groups in total. The monoisotopic (exact) mass is 566 g/mol. The van der Waals surface area contributed by atoms with Gasteiger partial charge in [0, 0.05) is 45.0 Å². The van der Waals surface area contributed by atoms with E-state index >= 15 is 0 Å². The Kier molecular flexibility index (Phi) is 9.79. The Hall–Kier alpha value is -0.736. The van der Waals surface area contributed by atoms with Crippen LogP contribution in [0.15, 0.2) is 28.7 Å². The molecule has 0 saturated carbocycles. The van der Waals surface area contributed by atoms with Gasteiger partial charge in [0.25, 0.3) is 7.82 Å². The maximum Gasteiger partial charge on any atom is 0.351 e. The van der Waals surface area contributed by atoms with Crippen molar-refractivity contribution in [2.75, 3.05) is 12.3 Å². The van der Waals surface area contributed by atoms with Crippen LogP contribution in [0.5, 0.6) is 0 Å². The predicted molar refractivity (Wildman–Crippen MR) is 103 cm³/mol. The number of nitrogen functional groups attached to an aromatic ring is 1. The molecule has 3 unspecified atom stereocenters. The third-order valence-electron chi connectivity index (χ3n) is 5.11. The zero-order valence-electron chi connectivity index (χ0n) is 17.4. The molecule has 1 fully saturated rings. The molecule has 1 aliphatic carbocycles. The number of aliphatic hydroxyl groups excluding tert-OH is 5. The molecule has 1 radical (unpaired) electrons. The van der Waals surface area contributed by atoms with Crippen molar-refractivity contribution in [3.05, 3.63) is 40.5 Å². The van der Waals surface area contributed by atoms with Gasteiger partial charge in [0.2, 0.25) is 0 Å². The van der Waals surface area contributed by atoms with Gasteiger partial charge >= 0.3 is 5.69 Å². The van der Waals surface area contributed by atoms with Crippen molar-refractivity contribution >= 4 is 13.6 Å². The van der Waals surface area contributed by atoms with Crippen molar-refractivity contribution in [3.63, 3.8) is 0 Å². The third kappa shape index (κ3) is 6.69. The fourth-order valence-electron chi connectivity index (χ4n) is 3.34. The first-order valence-corrected chi connectivity index (χ1v) is 11.0. The summed E-state index contributed by atoms with van der Waals surface area (Å²) in [7, 11) is -5.00. The van der Waals surface area contributed by atoms with Gasteiger partial charge in [-0.2, -0.15) is 16.6 Å². The van der Waals surface area contributed by atoms with Gasteiger partial charge < -0.3 is 49.9 Å². The average molecular weight is 566 g/mol. The quantitative estimate of drug-likeness (QED) is 0.142. The topological polar surface area (TPSA) is 230 Å². The number of nitrogens with zero attached hydrogens (tertiary/aromatic N) is 2. The third-order valence-corrected chi connectivity index (χ3v) is 6.07. The van der Waals surface area contributed by atoms with E-state index in [1.54, 1.807) is 0 Å². The minimum Gasteiger partial charge on any atom is -0.757 e. The van der Waals surface area contributed by atoms with Gasteiger partial charge in [0.05, 0.1) is 18.8 Å². The molecule has 16 heteroatoms. The van der Waals surface area contributed by atoms with E-state index in [1.165, 1.54) is 19.2 Å². The van der Waals surface area contributed by atoms with Crippen LogP contribution in [0.1, 0.15) is 19.6 Å². The normalized spacial score (nSPS) is 33.7. The van der Waals surface area contributed by atoms with E-state index in [-0.39, 0.29) is 56.6 Å². The second kappa shape index (κ2) is 11.3. The summed E-state index contributed by atoms with van der Waals surface area (Å²) < 4.78 is 28.0. The number of ether oxygens (including phenoxy) is 1. The number of aliphatic hydroxyl groups is 5. The van der Waals surface area contributed by atoms with Gasteiger partial charge in [-0.15, -0.1) is 0 Å². The van der Waals surface area contributed by atoms with Crippen LogP contribution in [0, 0.1) is 6.10 Å². The van der Waals surface area contributed by atoms with Crippen LogP contribution in [0.2, 0.25) is 0 Å². The maximum atomic E-state index is 12.2. The number of phosphoric acid groups is 1. The number of hydrogen-bond acceptors (Lipinski definition) is 13. The molecule has 0 amide bonds. The van der Waals surface area contributed by atoms with Crippen LogP contribution < -0.4 is 16.3 Å². The molecule has 0 bridgehead atoms. The van der Waals surface area contributed by atoms with Gasteiger partial charge in [-0.1, -0.05) is 13.0 Å². The van der Waals surface area contributed by atoms with E-state index in [9.17, 15) is 39.8 Å². The fourth-order valence-corrected chi connectivity index (χ4v) is 4.18. The van der Waals surface area contributed by atoms with Crippen molar-refractivity contribution in [1.82, 2.24) is 9.55 Å². The molecule has 2 heterocycles. The van der Waals surface area contributed by atoms with E-state index < -0.39 is 63.0 Å². The Labute approximate surface area is 213 Å². The molecular formula is C17H24N3O11PY-2. The predicted octanol–water partition coefficient (Wildman–Crippen LogP) is -3.09. The smallest absolute Gasteiger partial charge is 0.351 e. The fraction of sp³-hybridized carbons (Fsp3) is 0.588. The molecule has 1 aliphatic heterocycles. The van der Waals surface area contributed by atoms with Gasteiger partial charge in [-0.25, -0.2) is 4.79 Å². The first kappa shape index (κ1) is 28.5. The summed E-state index contributed by atoms with van der Waals surface area (Å²) in [6, 6.07) is 1.28. The largest absolute Gasteiger partial charge is 0.757 e. The first-order valence-electron chi connectivity index (χ1n) is 9.50. The van der Waals surface area contributed by atoms with Gasteiger partial charge in [0.15, 0.2) is 6.23 Å². The zero-order chi connectivity index (χ0) is 23.8. The van der Waals surface area contributed by atoms with Gasteiger partial charge in [-0.05, 0) is 12.5 Å².